The van der Waals surface area contributed by atoms with E-state index in [-0.39, 0.29) is 11.7 Å². The minimum Gasteiger partial charge on any atom is -0.367 e. The number of fused-ring (bicyclic) bond motifs is 2. The summed E-state index contributed by atoms with van der Waals surface area (Å²) >= 11 is 0. The molecule has 0 saturated carbocycles. The van der Waals surface area contributed by atoms with Crippen molar-refractivity contribution in [1.82, 2.24) is 29.3 Å². The number of allylic oxidation sites excluding steroid dienone is 1. The van der Waals surface area contributed by atoms with Crippen molar-refractivity contribution in [1.29, 1.82) is 0 Å². The van der Waals surface area contributed by atoms with Crippen molar-refractivity contribution in [2.24, 2.45) is 0 Å². The Labute approximate surface area is 191 Å². The number of amides is 1. The smallest absolute Gasteiger partial charge is 0.252 e. The second kappa shape index (κ2) is 7.82. The summed E-state index contributed by atoms with van der Waals surface area (Å²) in [6.07, 6.45) is 8.04. The lowest BCUT2D eigenvalue weighted by Gasteiger charge is -2.46. The van der Waals surface area contributed by atoms with Gasteiger partial charge in [-0.15, -0.1) is 0 Å². The van der Waals surface area contributed by atoms with Gasteiger partial charge in [-0.3, -0.25) is 14.7 Å². The van der Waals surface area contributed by atoms with E-state index in [0.29, 0.717) is 20.7 Å². The maximum absolute atomic E-state index is 13.2. The summed E-state index contributed by atoms with van der Waals surface area (Å²) in [7, 11) is 2.65. The number of carbonyl (C=O) groups is 1. The highest BCUT2D eigenvalue weighted by molar-refractivity contribution is 7.51. The van der Waals surface area contributed by atoms with Crippen molar-refractivity contribution in [2.75, 3.05) is 20.1 Å². The molecular weight excluding hydrogens is 419 g/mol. The van der Waals surface area contributed by atoms with Gasteiger partial charge >= 0.3 is 0 Å². The van der Waals surface area contributed by atoms with Crippen molar-refractivity contribution in [3.8, 4) is 0 Å². The minimum absolute atomic E-state index is 0.0343. The van der Waals surface area contributed by atoms with Crippen molar-refractivity contribution in [3.63, 3.8) is 0 Å². The van der Waals surface area contributed by atoms with Crippen LogP contribution in [0.25, 0.3) is 10.8 Å². The SMILES string of the molecule is CC1=CC(N2CC(C)N(C)[C@@H](C)C2)=CN2C(=O)C=C(c3cc4c(C)nc(C)cn4n3)PC12. The van der Waals surface area contributed by atoms with Crippen LogP contribution in [-0.2, 0) is 4.79 Å². The van der Waals surface area contributed by atoms with E-state index >= 15 is 0 Å². The van der Waals surface area contributed by atoms with Crippen molar-refractivity contribution < 1.29 is 4.79 Å². The molecule has 0 N–H and O–H groups in total. The number of aromatic nitrogens is 3. The Kier molecular flexibility index (Phi) is 5.22. The molecule has 1 fully saturated rings. The molecule has 7 nitrogen and oxygen atoms in total. The Morgan fingerprint density at radius 3 is 2.53 bits per heavy atom. The van der Waals surface area contributed by atoms with E-state index in [4.69, 9.17) is 5.10 Å². The van der Waals surface area contributed by atoms with Crippen LogP contribution in [0.2, 0.25) is 0 Å². The van der Waals surface area contributed by atoms with Crippen LogP contribution in [0.5, 0.6) is 0 Å². The topological polar surface area (TPSA) is 57.0 Å². The first-order valence-corrected chi connectivity index (χ1v) is 12.3. The molecule has 1 saturated heterocycles. The van der Waals surface area contributed by atoms with E-state index in [9.17, 15) is 4.79 Å². The first kappa shape index (κ1) is 21.4. The van der Waals surface area contributed by atoms with Crippen LogP contribution in [0.4, 0.5) is 0 Å². The number of rotatable bonds is 2. The molecular formula is C24H31N6OP. The summed E-state index contributed by atoms with van der Waals surface area (Å²) in [5.74, 6) is 0.103. The van der Waals surface area contributed by atoms with Crippen LogP contribution in [0, 0.1) is 13.8 Å². The molecule has 32 heavy (non-hydrogen) atoms. The van der Waals surface area contributed by atoms with E-state index in [0.717, 1.165) is 46.7 Å². The molecule has 3 unspecified atom stereocenters. The summed E-state index contributed by atoms with van der Waals surface area (Å²) in [5, 5.41) is 5.78. The molecule has 0 bridgehead atoms. The molecule has 5 heterocycles. The van der Waals surface area contributed by atoms with Gasteiger partial charge in [0.1, 0.15) is 0 Å². The number of nitrogens with zero attached hydrogens (tertiary/aromatic N) is 6. The Morgan fingerprint density at radius 1 is 1.09 bits per heavy atom. The molecule has 0 aliphatic carbocycles. The van der Waals surface area contributed by atoms with Crippen molar-refractivity contribution in [2.45, 2.75) is 52.5 Å². The molecule has 2 aromatic heterocycles. The molecule has 168 valence electrons. The number of piperazine rings is 1. The van der Waals surface area contributed by atoms with Gasteiger partial charge in [0, 0.05) is 42.8 Å². The largest absolute Gasteiger partial charge is 0.367 e. The molecule has 3 aliphatic heterocycles. The molecule has 1 amide bonds. The van der Waals surface area contributed by atoms with Crippen LogP contribution in [-0.4, -0.2) is 73.2 Å². The van der Waals surface area contributed by atoms with E-state index in [1.165, 1.54) is 5.57 Å². The quantitative estimate of drug-likeness (QED) is 0.657. The molecule has 0 radical (unpaired) electrons. The summed E-state index contributed by atoms with van der Waals surface area (Å²) < 4.78 is 1.88. The second-order valence-electron chi connectivity index (χ2n) is 9.39. The highest BCUT2D eigenvalue weighted by Gasteiger charge is 2.35. The zero-order valence-electron chi connectivity index (χ0n) is 19.6. The van der Waals surface area contributed by atoms with Gasteiger partial charge in [-0.2, -0.15) is 5.10 Å². The van der Waals surface area contributed by atoms with E-state index in [1.807, 2.05) is 29.5 Å². The Bertz CT molecular complexity index is 1180. The summed E-state index contributed by atoms with van der Waals surface area (Å²) in [5.41, 5.74) is 6.12. The minimum atomic E-state index is 0.0343. The highest BCUT2D eigenvalue weighted by atomic mass is 31.1. The van der Waals surface area contributed by atoms with Crippen molar-refractivity contribution in [3.05, 3.63) is 59.0 Å². The van der Waals surface area contributed by atoms with Crippen molar-refractivity contribution >= 4 is 25.3 Å². The average molecular weight is 451 g/mol. The van der Waals surface area contributed by atoms with E-state index in [2.05, 4.69) is 60.9 Å². The van der Waals surface area contributed by atoms with Crippen LogP contribution in [0.15, 0.2) is 41.9 Å². The van der Waals surface area contributed by atoms with Gasteiger partial charge in [-0.25, -0.2) is 4.52 Å². The highest BCUT2D eigenvalue weighted by Crippen LogP contribution is 2.47. The van der Waals surface area contributed by atoms with Gasteiger partial charge in [0.2, 0.25) is 0 Å². The number of aryl methyl sites for hydroxylation is 2. The Morgan fingerprint density at radius 2 is 1.81 bits per heavy atom. The van der Waals surface area contributed by atoms with E-state index < -0.39 is 0 Å². The molecule has 8 heteroatoms. The predicted molar refractivity (Wildman–Crippen MR) is 129 cm³/mol. The summed E-state index contributed by atoms with van der Waals surface area (Å²) in [4.78, 5) is 24.5. The van der Waals surface area contributed by atoms with Gasteiger partial charge in [-0.1, -0.05) is 8.58 Å². The maximum Gasteiger partial charge on any atom is 0.252 e. The van der Waals surface area contributed by atoms with Gasteiger partial charge in [0.15, 0.2) is 0 Å². The molecule has 5 rings (SSSR count). The first-order chi connectivity index (χ1) is 15.2. The first-order valence-electron chi connectivity index (χ1n) is 11.2. The van der Waals surface area contributed by atoms with Gasteiger partial charge in [0.25, 0.3) is 5.91 Å². The van der Waals surface area contributed by atoms with Gasteiger partial charge in [-0.05, 0) is 59.4 Å². The predicted octanol–water partition coefficient (Wildman–Crippen LogP) is 3.36. The number of hydrogen-bond donors (Lipinski definition) is 0. The third-order valence-corrected chi connectivity index (χ3v) is 8.65. The lowest BCUT2D eigenvalue weighted by Crippen LogP contribution is -2.54. The molecule has 4 atom stereocenters. The lowest BCUT2D eigenvalue weighted by atomic mass is 10.1. The van der Waals surface area contributed by atoms with E-state index in [1.54, 1.807) is 6.08 Å². The molecule has 3 aliphatic rings. The fourth-order valence-electron chi connectivity index (χ4n) is 4.91. The maximum atomic E-state index is 13.2. The van der Waals surface area contributed by atoms with Crippen LogP contribution in [0.3, 0.4) is 0 Å². The number of likely N-dealkylation sites (N-methyl/N-ethyl adjacent to an activating group) is 1. The lowest BCUT2D eigenvalue weighted by molar-refractivity contribution is -0.124. The third kappa shape index (κ3) is 3.57. The molecule has 2 aromatic rings. The average Bonchev–Trinajstić information content (AvgIpc) is 3.16. The zero-order valence-corrected chi connectivity index (χ0v) is 20.6. The Hall–Kier alpha value is -2.50. The second-order valence-corrected chi connectivity index (χ2v) is 10.8. The van der Waals surface area contributed by atoms with Crippen LogP contribution < -0.4 is 0 Å². The van der Waals surface area contributed by atoms with Crippen LogP contribution in [0.1, 0.15) is 37.9 Å². The normalized spacial score (nSPS) is 27.5. The van der Waals surface area contributed by atoms with Gasteiger partial charge < -0.3 is 9.80 Å². The van der Waals surface area contributed by atoms with Gasteiger partial charge in [0.05, 0.1) is 40.3 Å². The monoisotopic (exact) mass is 450 g/mol. The number of hydrogen-bond acceptors (Lipinski definition) is 5. The summed E-state index contributed by atoms with van der Waals surface area (Å²) in [6.45, 7) is 12.6. The molecule has 0 spiro atoms. The fourth-order valence-corrected chi connectivity index (χ4v) is 6.33. The standard InChI is InChI=1S/C24H31N6OP/c1-14-7-19(28-11-16(3)27(6)17(4)12-28)13-29-23(31)9-22(32-24(14)29)20-8-21-18(5)25-15(2)10-30(21)26-20/h7-10,13,16-17,24,32H,11-12H2,1-6H3/t16-,17?,24?/m0/s1. The Balaban J connectivity index is 1.45. The number of carbonyl (C=O) groups excluding carboxylic acids is 1. The van der Waals surface area contributed by atoms with Crippen LogP contribution >= 0.6 is 8.58 Å². The summed E-state index contributed by atoms with van der Waals surface area (Å²) in [6, 6.07) is 3.01. The molecule has 0 aromatic carbocycles. The third-order valence-electron chi connectivity index (χ3n) is 6.93. The zero-order chi connectivity index (χ0) is 22.7. The fraction of sp³-hybridized carbons (Fsp3) is 0.458.